The molecule has 1 fully saturated rings. The molecule has 0 saturated carbocycles. The Bertz CT molecular complexity index is 1670. The Morgan fingerprint density at radius 3 is 2.52 bits per heavy atom. The molecular formula is C30H22Br2N2O5S. The normalized spacial score (nSPS) is 14.2. The zero-order valence-corrected chi connectivity index (χ0v) is 25.1. The highest BCUT2D eigenvalue weighted by atomic mass is 79.9. The van der Waals surface area contributed by atoms with E-state index in [1.165, 1.54) is 7.11 Å². The van der Waals surface area contributed by atoms with Crippen LogP contribution in [0, 0.1) is 0 Å². The number of hydrogen-bond acceptors (Lipinski definition) is 6. The number of para-hydroxylation sites is 1. The van der Waals surface area contributed by atoms with E-state index in [0.29, 0.717) is 38.3 Å². The van der Waals surface area contributed by atoms with Gasteiger partial charge in [-0.3, -0.25) is 19.3 Å². The van der Waals surface area contributed by atoms with E-state index in [0.717, 1.165) is 33.0 Å². The Labute approximate surface area is 251 Å². The van der Waals surface area contributed by atoms with E-state index in [9.17, 15) is 14.4 Å². The number of nitrogens with one attached hydrogen (secondary N) is 1. The molecule has 1 heterocycles. The molecule has 0 spiro atoms. The number of methoxy groups -OCH3 is 1. The molecule has 4 aromatic rings. The van der Waals surface area contributed by atoms with Crippen LogP contribution >= 0.6 is 43.6 Å². The Morgan fingerprint density at radius 2 is 1.73 bits per heavy atom. The summed E-state index contributed by atoms with van der Waals surface area (Å²) < 4.78 is 13.1. The number of fused-ring (bicyclic) bond motifs is 1. The van der Waals surface area contributed by atoms with Crippen LogP contribution in [-0.4, -0.2) is 35.6 Å². The van der Waals surface area contributed by atoms with Crippen LogP contribution < -0.4 is 14.8 Å². The van der Waals surface area contributed by atoms with Gasteiger partial charge in [-0.25, -0.2) is 0 Å². The van der Waals surface area contributed by atoms with Gasteiger partial charge in [0.1, 0.15) is 13.2 Å². The molecule has 7 nitrogen and oxygen atoms in total. The number of thioether (sulfide) groups is 1. The molecule has 0 radical (unpaired) electrons. The van der Waals surface area contributed by atoms with Gasteiger partial charge in [-0.2, -0.15) is 0 Å². The fourth-order valence-corrected chi connectivity index (χ4v) is 6.01. The molecule has 5 rings (SSSR count). The van der Waals surface area contributed by atoms with Gasteiger partial charge >= 0.3 is 0 Å². The average Bonchev–Trinajstić information content (AvgIpc) is 3.20. The van der Waals surface area contributed by atoms with Crippen LogP contribution in [0.25, 0.3) is 16.8 Å². The predicted molar refractivity (Wildman–Crippen MR) is 164 cm³/mol. The van der Waals surface area contributed by atoms with Crippen molar-refractivity contribution in [2.45, 2.75) is 6.61 Å². The number of rotatable bonds is 8. The third kappa shape index (κ3) is 6.09. The number of anilines is 1. The van der Waals surface area contributed by atoms with Crippen molar-refractivity contribution < 1.29 is 23.9 Å². The van der Waals surface area contributed by atoms with Crippen LogP contribution in [-0.2, 0) is 16.2 Å². The van der Waals surface area contributed by atoms with Gasteiger partial charge in [0.25, 0.3) is 11.1 Å². The molecule has 0 atom stereocenters. The van der Waals surface area contributed by atoms with Gasteiger partial charge in [0.05, 0.1) is 22.2 Å². The maximum Gasteiger partial charge on any atom is 0.294 e. The second-order valence-electron chi connectivity index (χ2n) is 8.76. The van der Waals surface area contributed by atoms with Crippen molar-refractivity contribution in [2.24, 2.45) is 0 Å². The molecule has 0 unspecified atom stereocenters. The second kappa shape index (κ2) is 12.3. The number of benzene rings is 4. The summed E-state index contributed by atoms with van der Waals surface area (Å²) in [6.07, 6.45) is 1.60. The number of carbonyl (C=O) groups is 3. The summed E-state index contributed by atoms with van der Waals surface area (Å²) in [5.41, 5.74) is 2.22. The lowest BCUT2D eigenvalue weighted by atomic mass is 10.1. The average molecular weight is 682 g/mol. The Morgan fingerprint density at radius 1 is 0.975 bits per heavy atom. The largest absolute Gasteiger partial charge is 0.493 e. The van der Waals surface area contributed by atoms with Gasteiger partial charge in [0.15, 0.2) is 11.5 Å². The minimum Gasteiger partial charge on any atom is -0.493 e. The number of carbonyl (C=O) groups excluding carboxylic acids is 3. The van der Waals surface area contributed by atoms with Gasteiger partial charge in [-0.1, -0.05) is 54.6 Å². The Hall–Kier alpha value is -3.60. The molecule has 0 bridgehead atoms. The standard InChI is InChI=1S/C30H22Br2N2O5S/c1-38-25-14-18(13-23(32)28(25)39-17-20-9-6-8-19-7-2-3-10-21(19)20)15-26-29(36)34(30(37)40-26)16-27(35)33-24-12-5-4-11-22(24)31/h2-15H,16-17H2,1H3,(H,33,35)/b26-15+. The maximum absolute atomic E-state index is 13.0. The predicted octanol–water partition coefficient (Wildman–Crippen LogP) is 7.63. The SMILES string of the molecule is COc1cc(/C=C2/SC(=O)N(CC(=O)Nc3ccccc3Br)C2=O)cc(Br)c1OCc1cccc2ccccc12. The van der Waals surface area contributed by atoms with Crippen molar-refractivity contribution in [1.82, 2.24) is 4.90 Å². The van der Waals surface area contributed by atoms with Crippen molar-refractivity contribution in [1.29, 1.82) is 0 Å². The van der Waals surface area contributed by atoms with Gasteiger partial charge < -0.3 is 14.8 Å². The van der Waals surface area contributed by atoms with E-state index in [4.69, 9.17) is 9.47 Å². The van der Waals surface area contributed by atoms with Crippen LogP contribution in [0.5, 0.6) is 11.5 Å². The Balaban J connectivity index is 1.31. The summed E-state index contributed by atoms with van der Waals surface area (Å²) in [4.78, 5) is 39.3. The summed E-state index contributed by atoms with van der Waals surface area (Å²) in [5, 5.41) is 4.43. The molecule has 0 aliphatic carbocycles. The molecule has 202 valence electrons. The first-order valence-electron chi connectivity index (χ1n) is 12.1. The van der Waals surface area contributed by atoms with Crippen LogP contribution in [0.3, 0.4) is 0 Å². The van der Waals surface area contributed by atoms with E-state index >= 15 is 0 Å². The molecule has 4 aromatic carbocycles. The van der Waals surface area contributed by atoms with Gasteiger partial charge in [0, 0.05) is 4.47 Å². The number of halogens is 2. The van der Waals surface area contributed by atoms with Gasteiger partial charge in [-0.15, -0.1) is 0 Å². The van der Waals surface area contributed by atoms with E-state index in [1.54, 1.807) is 36.4 Å². The van der Waals surface area contributed by atoms with E-state index in [-0.39, 0.29) is 4.91 Å². The second-order valence-corrected chi connectivity index (χ2v) is 11.5. The quantitative estimate of drug-likeness (QED) is 0.193. The minimum atomic E-state index is -0.538. The van der Waals surface area contributed by atoms with Crippen LogP contribution in [0.1, 0.15) is 11.1 Å². The molecular weight excluding hydrogens is 660 g/mol. The maximum atomic E-state index is 13.0. The first-order valence-corrected chi connectivity index (χ1v) is 14.5. The third-order valence-electron chi connectivity index (χ3n) is 6.12. The summed E-state index contributed by atoms with van der Waals surface area (Å²) in [6, 6.07) is 24.8. The summed E-state index contributed by atoms with van der Waals surface area (Å²) in [5.74, 6) is -0.0338. The monoisotopic (exact) mass is 680 g/mol. The molecule has 1 aliphatic heterocycles. The minimum absolute atomic E-state index is 0.206. The highest BCUT2D eigenvalue weighted by Gasteiger charge is 2.36. The lowest BCUT2D eigenvalue weighted by Crippen LogP contribution is -2.36. The van der Waals surface area contributed by atoms with Crippen molar-refractivity contribution in [3.63, 3.8) is 0 Å². The van der Waals surface area contributed by atoms with E-state index in [2.05, 4.69) is 55.4 Å². The fraction of sp³-hybridized carbons (Fsp3) is 0.100. The molecule has 1 aliphatic rings. The van der Waals surface area contributed by atoms with Crippen molar-refractivity contribution in [3.05, 3.63) is 104 Å². The topological polar surface area (TPSA) is 84.9 Å². The summed E-state index contributed by atoms with van der Waals surface area (Å²) in [7, 11) is 1.54. The summed E-state index contributed by atoms with van der Waals surface area (Å²) in [6.45, 7) is -0.0620. The number of ether oxygens (including phenoxy) is 2. The molecule has 10 heteroatoms. The highest BCUT2D eigenvalue weighted by molar-refractivity contribution is 9.11. The lowest BCUT2D eigenvalue weighted by molar-refractivity contribution is -0.127. The van der Waals surface area contributed by atoms with Gasteiger partial charge in [0.2, 0.25) is 5.91 Å². The van der Waals surface area contributed by atoms with Crippen molar-refractivity contribution in [3.8, 4) is 11.5 Å². The first-order chi connectivity index (χ1) is 19.3. The lowest BCUT2D eigenvalue weighted by Gasteiger charge is -2.15. The van der Waals surface area contributed by atoms with E-state index < -0.39 is 23.6 Å². The zero-order chi connectivity index (χ0) is 28.2. The zero-order valence-electron chi connectivity index (χ0n) is 21.1. The number of imide groups is 1. The third-order valence-corrected chi connectivity index (χ3v) is 8.31. The van der Waals surface area contributed by atoms with Crippen molar-refractivity contribution in [2.75, 3.05) is 19.0 Å². The molecule has 1 saturated heterocycles. The molecule has 3 amide bonds. The van der Waals surface area contributed by atoms with Crippen LogP contribution in [0.15, 0.2) is 92.7 Å². The molecule has 1 N–H and O–H groups in total. The molecule has 40 heavy (non-hydrogen) atoms. The number of nitrogens with zero attached hydrogens (tertiary/aromatic N) is 1. The highest BCUT2D eigenvalue weighted by Crippen LogP contribution is 2.40. The molecule has 0 aromatic heterocycles. The number of amides is 3. The smallest absolute Gasteiger partial charge is 0.294 e. The Kier molecular flexibility index (Phi) is 8.58. The van der Waals surface area contributed by atoms with Gasteiger partial charge in [-0.05, 0) is 95.9 Å². The van der Waals surface area contributed by atoms with E-state index in [1.807, 2.05) is 30.3 Å². The summed E-state index contributed by atoms with van der Waals surface area (Å²) >= 11 is 7.71. The van der Waals surface area contributed by atoms with Crippen LogP contribution in [0.4, 0.5) is 10.5 Å². The van der Waals surface area contributed by atoms with Crippen LogP contribution in [0.2, 0.25) is 0 Å². The van der Waals surface area contributed by atoms with Crippen molar-refractivity contribution >= 4 is 83.2 Å². The number of hydrogen-bond donors (Lipinski definition) is 1. The fourth-order valence-electron chi connectivity index (χ4n) is 4.22. The first kappa shape index (κ1) is 27.9.